The second-order valence-corrected chi connectivity index (χ2v) is 9.86. The summed E-state index contributed by atoms with van der Waals surface area (Å²) in [5, 5.41) is 11.2. The lowest BCUT2D eigenvalue weighted by atomic mass is 9.94. The molecule has 1 amide bonds. The van der Waals surface area contributed by atoms with Crippen molar-refractivity contribution in [1.82, 2.24) is 9.80 Å². The highest BCUT2D eigenvalue weighted by molar-refractivity contribution is 6.46. The van der Waals surface area contributed by atoms with Gasteiger partial charge in [-0.2, -0.15) is 0 Å². The van der Waals surface area contributed by atoms with E-state index in [0.717, 1.165) is 69.3 Å². The average Bonchev–Trinajstić information content (AvgIpc) is 3.15. The summed E-state index contributed by atoms with van der Waals surface area (Å²) in [7, 11) is 0. The van der Waals surface area contributed by atoms with E-state index in [1.165, 1.54) is 5.56 Å². The Balaban J connectivity index is 1.91. The van der Waals surface area contributed by atoms with E-state index < -0.39 is 17.7 Å². The molecule has 2 aromatic rings. The summed E-state index contributed by atoms with van der Waals surface area (Å²) in [5.74, 6) is -1.23. The molecular formula is C31H42N2O3. The van der Waals surface area contributed by atoms with Crippen LogP contribution in [0, 0.1) is 6.92 Å². The first-order valence-corrected chi connectivity index (χ1v) is 13.6. The number of likely N-dealkylation sites (tertiary alicyclic amines) is 1. The number of hydrogen-bond donors (Lipinski definition) is 1. The van der Waals surface area contributed by atoms with Crippen LogP contribution in [0.2, 0.25) is 0 Å². The van der Waals surface area contributed by atoms with Gasteiger partial charge < -0.3 is 14.9 Å². The third-order valence-corrected chi connectivity index (χ3v) is 7.10. The number of unbranched alkanes of at least 4 members (excludes halogenated alkanes) is 2. The number of rotatable bonds is 13. The summed E-state index contributed by atoms with van der Waals surface area (Å²) in [4.78, 5) is 30.7. The van der Waals surface area contributed by atoms with Gasteiger partial charge in [0.25, 0.3) is 11.7 Å². The van der Waals surface area contributed by atoms with E-state index in [1.54, 1.807) is 17.0 Å². The summed E-state index contributed by atoms with van der Waals surface area (Å²) in [6.45, 7) is 12.0. The van der Waals surface area contributed by atoms with Crippen LogP contribution in [-0.2, 0) is 16.0 Å². The van der Waals surface area contributed by atoms with Gasteiger partial charge in [-0.25, -0.2) is 0 Å². The van der Waals surface area contributed by atoms with Crippen LogP contribution in [0.4, 0.5) is 0 Å². The molecule has 0 spiro atoms. The molecule has 0 bridgehead atoms. The Morgan fingerprint density at radius 1 is 0.861 bits per heavy atom. The van der Waals surface area contributed by atoms with Gasteiger partial charge in [0, 0.05) is 12.1 Å². The largest absolute Gasteiger partial charge is 0.507 e. The number of carbonyl (C=O) groups excluding carboxylic acids is 2. The zero-order chi connectivity index (χ0) is 26.1. The van der Waals surface area contributed by atoms with E-state index in [0.29, 0.717) is 12.1 Å². The molecule has 0 aromatic heterocycles. The van der Waals surface area contributed by atoms with Crippen molar-refractivity contribution in [2.75, 3.05) is 26.2 Å². The number of Topliss-reactive ketones (excluding diaryl/α,β-unsaturated/α-hetero) is 1. The van der Waals surface area contributed by atoms with Gasteiger partial charge in [0.05, 0.1) is 11.6 Å². The van der Waals surface area contributed by atoms with Crippen molar-refractivity contribution < 1.29 is 14.7 Å². The summed E-state index contributed by atoms with van der Waals surface area (Å²) in [6, 6.07) is 14.9. The SMILES string of the molecule is CCCCN(CCCC)CCCN1C(=O)C(=O)/C(=C(/O)c2ccc(C)cc2)C1c1ccc(CC)cc1. The number of aliphatic hydroxyl groups is 1. The fraction of sp³-hybridized carbons (Fsp3) is 0.484. The third kappa shape index (κ3) is 6.64. The second-order valence-electron chi connectivity index (χ2n) is 9.86. The molecule has 194 valence electrons. The zero-order valence-corrected chi connectivity index (χ0v) is 22.4. The maximum Gasteiger partial charge on any atom is 0.295 e. The quantitative estimate of drug-likeness (QED) is 0.204. The Hall–Kier alpha value is -2.92. The van der Waals surface area contributed by atoms with E-state index in [1.807, 2.05) is 43.3 Å². The number of aliphatic hydroxyl groups excluding tert-OH is 1. The van der Waals surface area contributed by atoms with Crippen molar-refractivity contribution in [3.05, 3.63) is 76.4 Å². The highest BCUT2D eigenvalue weighted by Crippen LogP contribution is 2.39. The standard InChI is InChI=1S/C31H42N2O3/c1-5-8-19-32(20-9-6-2)21-10-22-33-28(25-17-13-24(7-3)14-18-25)27(30(35)31(33)36)29(34)26-15-11-23(4)12-16-26/h11-18,28,34H,5-10,19-22H2,1-4H3/b29-27+. The minimum absolute atomic E-state index is 0.104. The molecule has 1 saturated heterocycles. The van der Waals surface area contributed by atoms with E-state index in [2.05, 4.69) is 25.7 Å². The fourth-order valence-corrected chi connectivity index (χ4v) is 4.82. The Morgan fingerprint density at radius 3 is 2.00 bits per heavy atom. The Kier molecular flexibility index (Phi) is 10.3. The van der Waals surface area contributed by atoms with Crippen LogP contribution in [-0.4, -0.2) is 52.8 Å². The van der Waals surface area contributed by atoms with Crippen molar-refractivity contribution in [3.8, 4) is 0 Å². The molecule has 2 aromatic carbocycles. The number of amides is 1. The number of carbonyl (C=O) groups is 2. The van der Waals surface area contributed by atoms with Gasteiger partial charge in [-0.05, 0) is 63.4 Å². The normalized spacial score (nSPS) is 17.4. The lowest BCUT2D eigenvalue weighted by Gasteiger charge is -2.27. The van der Waals surface area contributed by atoms with Crippen LogP contribution < -0.4 is 0 Å². The molecular weight excluding hydrogens is 448 g/mol. The van der Waals surface area contributed by atoms with Gasteiger partial charge >= 0.3 is 0 Å². The maximum atomic E-state index is 13.3. The van der Waals surface area contributed by atoms with Crippen LogP contribution in [0.3, 0.4) is 0 Å². The van der Waals surface area contributed by atoms with Crippen LogP contribution in [0.25, 0.3) is 5.76 Å². The third-order valence-electron chi connectivity index (χ3n) is 7.10. The highest BCUT2D eigenvalue weighted by atomic mass is 16.3. The predicted molar refractivity (Wildman–Crippen MR) is 147 cm³/mol. The van der Waals surface area contributed by atoms with E-state index in [9.17, 15) is 14.7 Å². The molecule has 5 nitrogen and oxygen atoms in total. The first-order valence-electron chi connectivity index (χ1n) is 13.6. The highest BCUT2D eigenvalue weighted by Gasteiger charge is 2.45. The molecule has 0 saturated carbocycles. The molecule has 1 atom stereocenters. The van der Waals surface area contributed by atoms with Crippen LogP contribution in [0.15, 0.2) is 54.1 Å². The van der Waals surface area contributed by atoms with Crippen molar-refractivity contribution >= 4 is 17.4 Å². The molecule has 1 aliphatic rings. The van der Waals surface area contributed by atoms with E-state index in [4.69, 9.17) is 0 Å². The number of aryl methyl sites for hydroxylation is 2. The van der Waals surface area contributed by atoms with Crippen molar-refractivity contribution in [3.63, 3.8) is 0 Å². The first kappa shape index (κ1) is 27.7. The van der Waals surface area contributed by atoms with Crippen LogP contribution >= 0.6 is 0 Å². The van der Waals surface area contributed by atoms with Gasteiger partial charge in [0.2, 0.25) is 0 Å². The topological polar surface area (TPSA) is 60.9 Å². The summed E-state index contributed by atoms with van der Waals surface area (Å²) < 4.78 is 0. The number of ketones is 1. The molecule has 1 unspecified atom stereocenters. The zero-order valence-electron chi connectivity index (χ0n) is 22.4. The summed E-state index contributed by atoms with van der Waals surface area (Å²) in [5.41, 5.74) is 3.85. The van der Waals surface area contributed by atoms with E-state index >= 15 is 0 Å². The molecule has 3 rings (SSSR count). The molecule has 36 heavy (non-hydrogen) atoms. The van der Waals surface area contributed by atoms with Crippen molar-refractivity contribution in [2.24, 2.45) is 0 Å². The summed E-state index contributed by atoms with van der Waals surface area (Å²) in [6.07, 6.45) is 6.33. The molecule has 1 aliphatic heterocycles. The second kappa shape index (κ2) is 13.4. The molecule has 0 aliphatic carbocycles. The average molecular weight is 491 g/mol. The van der Waals surface area contributed by atoms with Crippen molar-refractivity contribution in [1.29, 1.82) is 0 Å². The Morgan fingerprint density at radius 2 is 1.44 bits per heavy atom. The van der Waals surface area contributed by atoms with Gasteiger partial charge in [-0.15, -0.1) is 0 Å². The monoisotopic (exact) mass is 490 g/mol. The predicted octanol–water partition coefficient (Wildman–Crippen LogP) is 6.27. The smallest absolute Gasteiger partial charge is 0.295 e. The molecule has 1 heterocycles. The first-order chi connectivity index (χ1) is 17.4. The number of benzene rings is 2. The van der Waals surface area contributed by atoms with Gasteiger partial charge in [-0.3, -0.25) is 9.59 Å². The number of nitrogens with zero attached hydrogens (tertiary/aromatic N) is 2. The van der Waals surface area contributed by atoms with Crippen LogP contribution in [0.5, 0.6) is 0 Å². The lowest BCUT2D eigenvalue weighted by Crippen LogP contribution is -2.34. The van der Waals surface area contributed by atoms with Gasteiger partial charge in [-0.1, -0.05) is 87.7 Å². The molecule has 1 N–H and O–H groups in total. The van der Waals surface area contributed by atoms with Crippen molar-refractivity contribution in [2.45, 2.75) is 72.3 Å². The lowest BCUT2D eigenvalue weighted by molar-refractivity contribution is -0.140. The summed E-state index contributed by atoms with van der Waals surface area (Å²) >= 11 is 0. The van der Waals surface area contributed by atoms with Gasteiger partial charge in [0.1, 0.15) is 5.76 Å². The van der Waals surface area contributed by atoms with Crippen LogP contribution in [0.1, 0.15) is 81.2 Å². The van der Waals surface area contributed by atoms with Gasteiger partial charge in [0.15, 0.2) is 0 Å². The Labute approximate surface area is 216 Å². The minimum Gasteiger partial charge on any atom is -0.507 e. The Bertz CT molecular complexity index is 1030. The van der Waals surface area contributed by atoms with E-state index in [-0.39, 0.29) is 11.3 Å². The molecule has 1 fully saturated rings. The molecule has 0 radical (unpaired) electrons. The fourth-order valence-electron chi connectivity index (χ4n) is 4.82. The maximum absolute atomic E-state index is 13.3. The minimum atomic E-state index is -0.605. The molecule has 5 heteroatoms. The number of hydrogen-bond acceptors (Lipinski definition) is 4.